The maximum atomic E-state index is 11.8. The van der Waals surface area contributed by atoms with Crippen LogP contribution in [0.4, 0.5) is 0 Å². The van der Waals surface area contributed by atoms with Crippen molar-refractivity contribution in [2.24, 2.45) is 5.92 Å². The maximum Gasteiger partial charge on any atom is 0.296 e. The summed E-state index contributed by atoms with van der Waals surface area (Å²) >= 11 is 0. The Kier molecular flexibility index (Phi) is 4.50. The summed E-state index contributed by atoms with van der Waals surface area (Å²) in [4.78, 5) is 0.243. The van der Waals surface area contributed by atoms with E-state index in [1.807, 2.05) is 26.8 Å². The van der Waals surface area contributed by atoms with Crippen molar-refractivity contribution in [3.8, 4) is 0 Å². The summed E-state index contributed by atoms with van der Waals surface area (Å²) in [6.07, 6.45) is 0.813. The minimum atomic E-state index is -3.59. The number of benzene rings is 1. The van der Waals surface area contributed by atoms with Crippen LogP contribution in [-0.2, 0) is 20.7 Å². The number of aryl methyl sites for hydroxylation is 1. The molecule has 0 N–H and O–H groups in total. The van der Waals surface area contributed by atoms with E-state index in [1.165, 1.54) is 0 Å². The lowest BCUT2D eigenvalue weighted by atomic mass is 10.2. The third-order valence-corrected chi connectivity index (χ3v) is 3.43. The van der Waals surface area contributed by atoms with Crippen LogP contribution in [0.1, 0.15) is 26.3 Å². The van der Waals surface area contributed by atoms with Crippen molar-refractivity contribution in [3.05, 3.63) is 29.8 Å². The first-order valence-electron chi connectivity index (χ1n) is 5.44. The van der Waals surface area contributed by atoms with Gasteiger partial charge in [-0.2, -0.15) is 8.42 Å². The Hall–Kier alpha value is -0.870. The van der Waals surface area contributed by atoms with Crippen LogP contribution in [-0.4, -0.2) is 15.0 Å². The van der Waals surface area contributed by atoms with Gasteiger partial charge in [-0.3, -0.25) is 4.18 Å². The predicted molar refractivity (Wildman–Crippen MR) is 63.8 cm³/mol. The zero-order valence-corrected chi connectivity index (χ0v) is 10.8. The van der Waals surface area contributed by atoms with E-state index in [-0.39, 0.29) is 17.4 Å². The average Bonchev–Trinajstić information content (AvgIpc) is 2.27. The Morgan fingerprint density at radius 3 is 2.56 bits per heavy atom. The van der Waals surface area contributed by atoms with Crippen LogP contribution in [0.3, 0.4) is 0 Å². The highest BCUT2D eigenvalue weighted by molar-refractivity contribution is 7.86. The third kappa shape index (κ3) is 3.61. The molecule has 0 aliphatic rings. The summed E-state index contributed by atoms with van der Waals surface area (Å²) in [6.45, 7) is 6.04. The van der Waals surface area contributed by atoms with Crippen molar-refractivity contribution >= 4 is 10.1 Å². The third-order valence-electron chi connectivity index (χ3n) is 2.15. The highest BCUT2D eigenvalue weighted by Gasteiger charge is 2.15. The molecule has 0 heterocycles. The van der Waals surface area contributed by atoms with E-state index < -0.39 is 10.1 Å². The molecule has 0 aliphatic carbocycles. The molecule has 90 valence electrons. The van der Waals surface area contributed by atoms with Gasteiger partial charge in [0.1, 0.15) is 0 Å². The van der Waals surface area contributed by atoms with E-state index in [1.54, 1.807) is 18.2 Å². The summed E-state index contributed by atoms with van der Waals surface area (Å²) in [7, 11) is -3.59. The van der Waals surface area contributed by atoms with Crippen LogP contribution in [0.5, 0.6) is 0 Å². The molecular formula is C12H18O3S. The molecule has 3 nitrogen and oxygen atoms in total. The molecule has 1 aromatic rings. The molecule has 4 heteroatoms. The topological polar surface area (TPSA) is 43.4 Å². The molecular weight excluding hydrogens is 224 g/mol. The molecule has 0 fully saturated rings. The van der Waals surface area contributed by atoms with Gasteiger partial charge < -0.3 is 0 Å². The van der Waals surface area contributed by atoms with Crippen LogP contribution in [0.2, 0.25) is 0 Å². The summed E-state index contributed by atoms with van der Waals surface area (Å²) in [6, 6.07) is 6.87. The minimum absolute atomic E-state index is 0.198. The number of hydrogen-bond donors (Lipinski definition) is 0. The lowest BCUT2D eigenvalue weighted by molar-refractivity contribution is 0.275. The summed E-state index contributed by atoms with van der Waals surface area (Å²) in [5, 5.41) is 0. The molecule has 0 aliphatic heterocycles. The second kappa shape index (κ2) is 5.46. The molecule has 0 atom stereocenters. The average molecular weight is 242 g/mol. The molecule has 0 saturated carbocycles. The Labute approximate surface area is 97.6 Å². The van der Waals surface area contributed by atoms with Gasteiger partial charge in [0, 0.05) is 0 Å². The molecule has 16 heavy (non-hydrogen) atoms. The smallest absolute Gasteiger partial charge is 0.266 e. The van der Waals surface area contributed by atoms with E-state index >= 15 is 0 Å². The monoisotopic (exact) mass is 242 g/mol. The standard InChI is InChI=1S/C12H18O3S/c1-4-11-6-5-7-12(8-11)16(13,14)15-9-10(2)3/h5-8,10H,4,9H2,1-3H3. The van der Waals surface area contributed by atoms with E-state index in [4.69, 9.17) is 4.18 Å². The summed E-state index contributed by atoms with van der Waals surface area (Å²) < 4.78 is 28.5. The predicted octanol–water partition coefficient (Wildman–Crippen LogP) is 2.61. The Balaban J connectivity index is 2.89. The van der Waals surface area contributed by atoms with Crippen molar-refractivity contribution in [1.29, 1.82) is 0 Å². The molecule has 1 aromatic carbocycles. The van der Waals surface area contributed by atoms with Gasteiger partial charge in [0.05, 0.1) is 11.5 Å². The number of hydrogen-bond acceptors (Lipinski definition) is 3. The normalized spacial score (nSPS) is 12.0. The highest BCUT2D eigenvalue weighted by Crippen LogP contribution is 2.15. The van der Waals surface area contributed by atoms with Gasteiger partial charge in [0.15, 0.2) is 0 Å². The second-order valence-electron chi connectivity index (χ2n) is 4.13. The van der Waals surface area contributed by atoms with Gasteiger partial charge in [0.25, 0.3) is 10.1 Å². The SMILES string of the molecule is CCc1cccc(S(=O)(=O)OCC(C)C)c1. The van der Waals surface area contributed by atoms with Gasteiger partial charge in [-0.1, -0.05) is 32.9 Å². The molecule has 0 aromatic heterocycles. The Morgan fingerprint density at radius 2 is 2.00 bits per heavy atom. The molecule has 0 spiro atoms. The fourth-order valence-electron chi connectivity index (χ4n) is 1.21. The molecule has 0 radical (unpaired) electrons. The van der Waals surface area contributed by atoms with Crippen LogP contribution >= 0.6 is 0 Å². The van der Waals surface area contributed by atoms with Crippen LogP contribution in [0.25, 0.3) is 0 Å². The fourth-order valence-corrected chi connectivity index (χ4v) is 2.34. The summed E-state index contributed by atoms with van der Waals surface area (Å²) in [5.74, 6) is 0.198. The first-order valence-corrected chi connectivity index (χ1v) is 6.85. The van der Waals surface area contributed by atoms with Gasteiger partial charge in [-0.15, -0.1) is 0 Å². The van der Waals surface area contributed by atoms with Crippen molar-refractivity contribution in [1.82, 2.24) is 0 Å². The minimum Gasteiger partial charge on any atom is -0.266 e. The van der Waals surface area contributed by atoms with Gasteiger partial charge in [-0.25, -0.2) is 0 Å². The first kappa shape index (κ1) is 13.2. The molecule has 0 amide bonds. The zero-order valence-electron chi connectivity index (χ0n) is 9.93. The zero-order chi connectivity index (χ0) is 12.2. The van der Waals surface area contributed by atoms with Crippen LogP contribution in [0.15, 0.2) is 29.2 Å². The Bertz CT molecular complexity index is 435. The first-order chi connectivity index (χ1) is 7.45. The van der Waals surface area contributed by atoms with Gasteiger partial charge in [0.2, 0.25) is 0 Å². The quantitative estimate of drug-likeness (QED) is 0.745. The molecule has 0 unspecified atom stereocenters. The van der Waals surface area contributed by atoms with Crippen molar-refractivity contribution in [2.75, 3.05) is 6.61 Å². The van der Waals surface area contributed by atoms with E-state index in [0.29, 0.717) is 0 Å². The van der Waals surface area contributed by atoms with Crippen molar-refractivity contribution < 1.29 is 12.6 Å². The van der Waals surface area contributed by atoms with Crippen LogP contribution in [0, 0.1) is 5.92 Å². The van der Waals surface area contributed by atoms with E-state index in [9.17, 15) is 8.42 Å². The van der Waals surface area contributed by atoms with E-state index in [0.717, 1.165) is 12.0 Å². The van der Waals surface area contributed by atoms with E-state index in [2.05, 4.69) is 0 Å². The largest absolute Gasteiger partial charge is 0.296 e. The Morgan fingerprint density at radius 1 is 1.31 bits per heavy atom. The molecule has 1 rings (SSSR count). The lowest BCUT2D eigenvalue weighted by Gasteiger charge is -2.08. The van der Waals surface area contributed by atoms with Gasteiger partial charge in [-0.05, 0) is 30.0 Å². The fraction of sp³-hybridized carbons (Fsp3) is 0.500. The van der Waals surface area contributed by atoms with Crippen molar-refractivity contribution in [2.45, 2.75) is 32.1 Å². The van der Waals surface area contributed by atoms with Crippen LogP contribution < -0.4 is 0 Å². The van der Waals surface area contributed by atoms with Crippen molar-refractivity contribution in [3.63, 3.8) is 0 Å². The second-order valence-corrected chi connectivity index (χ2v) is 5.75. The highest BCUT2D eigenvalue weighted by atomic mass is 32.2. The lowest BCUT2D eigenvalue weighted by Crippen LogP contribution is -2.11. The maximum absolute atomic E-state index is 11.8. The number of rotatable bonds is 5. The summed E-state index contributed by atoms with van der Waals surface area (Å²) in [5.41, 5.74) is 0.995. The molecule has 0 bridgehead atoms. The molecule has 0 saturated heterocycles. The van der Waals surface area contributed by atoms with Gasteiger partial charge >= 0.3 is 0 Å².